The Kier molecular flexibility index (Phi) is 4.68. The van der Waals surface area contributed by atoms with E-state index in [1.165, 1.54) is 6.08 Å². The third-order valence-corrected chi connectivity index (χ3v) is 5.37. The fourth-order valence-corrected chi connectivity index (χ4v) is 3.52. The Balaban J connectivity index is 1.76. The van der Waals surface area contributed by atoms with Crippen molar-refractivity contribution in [2.45, 2.75) is 57.0 Å². The average molecular weight is 422 g/mol. The van der Waals surface area contributed by atoms with Gasteiger partial charge in [-0.05, 0) is 51.8 Å². The van der Waals surface area contributed by atoms with Crippen LogP contribution >= 0.6 is 0 Å². The van der Waals surface area contributed by atoms with Gasteiger partial charge in [-0.3, -0.25) is 4.68 Å². The Bertz CT molecular complexity index is 982. The molecule has 0 amide bonds. The maximum atomic E-state index is 13.4. The molecule has 162 valence electrons. The van der Waals surface area contributed by atoms with Crippen LogP contribution in [0.5, 0.6) is 0 Å². The van der Waals surface area contributed by atoms with Gasteiger partial charge in [0.2, 0.25) is 0 Å². The van der Waals surface area contributed by atoms with Crippen molar-refractivity contribution >= 4 is 0 Å². The van der Waals surface area contributed by atoms with E-state index in [1.54, 1.807) is 24.1 Å². The Labute approximate surface area is 172 Å². The van der Waals surface area contributed by atoms with Crippen molar-refractivity contribution in [3.63, 3.8) is 0 Å². The van der Waals surface area contributed by atoms with E-state index < -0.39 is 23.0 Å². The molecular weight excluding hydrogens is 397 g/mol. The molecule has 1 aliphatic carbocycles. The van der Waals surface area contributed by atoms with E-state index in [0.717, 1.165) is 18.9 Å². The molecule has 0 radical (unpaired) electrons. The van der Waals surface area contributed by atoms with Crippen molar-refractivity contribution in [3.05, 3.63) is 53.4 Å². The Morgan fingerprint density at radius 2 is 1.93 bits per heavy atom. The SMILES string of the molecule is CCNC1=C(C(F)(F)F)C=CC(N)(c2cc(C(C)(C)n3nccn3)nn2C2CC2)N1. The van der Waals surface area contributed by atoms with Crippen molar-refractivity contribution in [1.82, 2.24) is 35.4 Å². The normalized spacial score (nSPS) is 22.4. The largest absolute Gasteiger partial charge is 0.419 e. The minimum absolute atomic E-state index is 0.145. The van der Waals surface area contributed by atoms with Gasteiger partial charge in [-0.25, -0.2) is 0 Å². The summed E-state index contributed by atoms with van der Waals surface area (Å²) in [4.78, 5) is 1.55. The molecule has 2 aliphatic rings. The second kappa shape index (κ2) is 6.86. The molecule has 1 unspecified atom stereocenters. The van der Waals surface area contributed by atoms with Crippen molar-refractivity contribution in [2.24, 2.45) is 5.73 Å². The standard InChI is InChI=1S/C19H25F3N8/c1-4-24-16-13(19(20,21)22)7-8-18(23,27-16)15-11-14(28-29(15)12-5-6-12)17(2,3)30-25-9-10-26-30/h7-12,24,27H,4-6,23H2,1-3H3. The molecule has 30 heavy (non-hydrogen) atoms. The molecule has 1 aliphatic heterocycles. The van der Waals surface area contributed by atoms with Crippen LogP contribution in [0.4, 0.5) is 13.2 Å². The van der Waals surface area contributed by atoms with Gasteiger partial charge >= 0.3 is 6.18 Å². The molecular formula is C19H25F3N8. The molecule has 0 bridgehead atoms. The van der Waals surface area contributed by atoms with Crippen LogP contribution in [0.3, 0.4) is 0 Å². The van der Waals surface area contributed by atoms with E-state index in [9.17, 15) is 13.2 Å². The van der Waals surface area contributed by atoms with Gasteiger partial charge in [0, 0.05) is 6.54 Å². The van der Waals surface area contributed by atoms with Crippen LogP contribution in [0.25, 0.3) is 0 Å². The second-order valence-electron chi connectivity index (χ2n) is 8.11. The molecule has 4 N–H and O–H groups in total. The summed E-state index contributed by atoms with van der Waals surface area (Å²) in [6, 6.07) is 1.99. The first kappa shape index (κ1) is 20.5. The van der Waals surface area contributed by atoms with Gasteiger partial charge in [0.05, 0.1) is 35.4 Å². The van der Waals surface area contributed by atoms with E-state index >= 15 is 0 Å². The van der Waals surface area contributed by atoms with Crippen molar-refractivity contribution < 1.29 is 13.2 Å². The lowest BCUT2D eigenvalue weighted by Gasteiger charge is -2.35. The van der Waals surface area contributed by atoms with E-state index in [2.05, 4.69) is 20.8 Å². The summed E-state index contributed by atoms with van der Waals surface area (Å²) < 4.78 is 42.1. The van der Waals surface area contributed by atoms with E-state index in [0.29, 0.717) is 17.9 Å². The summed E-state index contributed by atoms with van der Waals surface area (Å²) in [5, 5.41) is 18.8. The molecule has 3 heterocycles. The lowest BCUT2D eigenvalue weighted by atomic mass is 9.96. The summed E-state index contributed by atoms with van der Waals surface area (Å²) in [6.45, 7) is 5.90. The number of nitrogens with two attached hydrogens (primary N) is 1. The smallest absolute Gasteiger partial charge is 0.372 e. The third-order valence-electron chi connectivity index (χ3n) is 5.37. The van der Waals surface area contributed by atoms with Crippen LogP contribution in [0, 0.1) is 0 Å². The van der Waals surface area contributed by atoms with Crippen LogP contribution in [0.2, 0.25) is 0 Å². The number of aromatic nitrogens is 5. The Morgan fingerprint density at radius 3 is 2.50 bits per heavy atom. The van der Waals surface area contributed by atoms with Gasteiger partial charge < -0.3 is 16.4 Å². The van der Waals surface area contributed by atoms with E-state index in [-0.39, 0.29) is 11.9 Å². The zero-order chi connectivity index (χ0) is 21.7. The molecule has 4 rings (SSSR count). The monoisotopic (exact) mass is 422 g/mol. The van der Waals surface area contributed by atoms with Crippen LogP contribution in [-0.2, 0) is 11.2 Å². The number of hydrogen-bond donors (Lipinski definition) is 3. The molecule has 1 atom stereocenters. The minimum atomic E-state index is -4.50. The Morgan fingerprint density at radius 1 is 1.27 bits per heavy atom. The van der Waals surface area contributed by atoms with Gasteiger partial charge in [-0.15, -0.1) is 0 Å². The predicted molar refractivity (Wildman–Crippen MR) is 104 cm³/mol. The summed E-state index contributed by atoms with van der Waals surface area (Å²) in [5.41, 5.74) is 5.07. The number of alkyl halides is 3. The second-order valence-corrected chi connectivity index (χ2v) is 8.11. The third kappa shape index (κ3) is 3.47. The lowest BCUT2D eigenvalue weighted by molar-refractivity contribution is -0.0902. The summed E-state index contributed by atoms with van der Waals surface area (Å²) in [5.74, 6) is -0.145. The number of dihydropyridines is 1. The van der Waals surface area contributed by atoms with Crippen molar-refractivity contribution in [1.29, 1.82) is 0 Å². The zero-order valence-electron chi connectivity index (χ0n) is 17.0. The minimum Gasteiger partial charge on any atom is -0.372 e. The highest BCUT2D eigenvalue weighted by Crippen LogP contribution is 2.40. The van der Waals surface area contributed by atoms with Gasteiger partial charge in [-0.1, -0.05) is 0 Å². The van der Waals surface area contributed by atoms with Crippen molar-refractivity contribution in [2.75, 3.05) is 6.54 Å². The number of hydrogen-bond acceptors (Lipinski definition) is 6. The first-order valence-corrected chi connectivity index (χ1v) is 9.85. The number of nitrogens with zero attached hydrogens (tertiary/aromatic N) is 5. The number of nitrogens with one attached hydrogen (secondary N) is 2. The molecule has 0 spiro atoms. The van der Waals surface area contributed by atoms with E-state index in [1.807, 2.05) is 24.6 Å². The Hall–Kier alpha value is -2.82. The quantitative estimate of drug-likeness (QED) is 0.661. The fraction of sp³-hybridized carbons (Fsp3) is 0.526. The molecule has 2 aromatic rings. The van der Waals surface area contributed by atoms with Gasteiger partial charge in [0.1, 0.15) is 17.0 Å². The fourth-order valence-electron chi connectivity index (χ4n) is 3.52. The van der Waals surface area contributed by atoms with Crippen LogP contribution in [0.1, 0.15) is 51.0 Å². The molecule has 2 aromatic heterocycles. The van der Waals surface area contributed by atoms with Crippen LogP contribution in [0.15, 0.2) is 42.0 Å². The van der Waals surface area contributed by atoms with Crippen LogP contribution in [-0.4, -0.2) is 37.5 Å². The molecule has 0 saturated heterocycles. The molecule has 11 heteroatoms. The molecule has 1 fully saturated rings. The first-order valence-electron chi connectivity index (χ1n) is 9.85. The topological polar surface area (TPSA) is 98.6 Å². The number of allylic oxidation sites excluding steroid dienone is 2. The molecule has 0 aromatic carbocycles. The summed E-state index contributed by atoms with van der Waals surface area (Å²) in [7, 11) is 0. The average Bonchev–Trinajstić information content (AvgIpc) is 3.17. The highest BCUT2D eigenvalue weighted by molar-refractivity contribution is 5.40. The van der Waals surface area contributed by atoms with Gasteiger partial charge in [-0.2, -0.15) is 33.3 Å². The lowest BCUT2D eigenvalue weighted by Crippen LogP contribution is -2.54. The molecule has 8 nitrogen and oxygen atoms in total. The summed E-state index contributed by atoms with van der Waals surface area (Å²) in [6.07, 6.45) is 2.92. The van der Waals surface area contributed by atoms with Crippen LogP contribution < -0.4 is 16.4 Å². The summed E-state index contributed by atoms with van der Waals surface area (Å²) >= 11 is 0. The van der Waals surface area contributed by atoms with Gasteiger partial charge in [0.25, 0.3) is 0 Å². The zero-order valence-corrected chi connectivity index (χ0v) is 17.0. The highest BCUT2D eigenvalue weighted by Gasteiger charge is 2.43. The van der Waals surface area contributed by atoms with Gasteiger partial charge in [0.15, 0.2) is 0 Å². The molecule has 1 saturated carbocycles. The maximum Gasteiger partial charge on any atom is 0.419 e. The predicted octanol–water partition coefficient (Wildman–Crippen LogP) is 2.25. The van der Waals surface area contributed by atoms with E-state index in [4.69, 9.17) is 10.8 Å². The number of rotatable bonds is 6. The van der Waals surface area contributed by atoms with Crippen molar-refractivity contribution in [3.8, 4) is 0 Å². The maximum absolute atomic E-state index is 13.4. The first-order chi connectivity index (χ1) is 14.1. The number of halogens is 3. The highest BCUT2D eigenvalue weighted by atomic mass is 19.4.